The van der Waals surface area contributed by atoms with E-state index in [9.17, 15) is 19.8 Å². The Morgan fingerprint density at radius 3 is 2.66 bits per heavy atom. The van der Waals surface area contributed by atoms with Crippen molar-refractivity contribution in [3.63, 3.8) is 0 Å². The molecule has 5 atom stereocenters. The number of aliphatic hydroxyl groups is 1. The summed E-state index contributed by atoms with van der Waals surface area (Å²) in [5.41, 5.74) is 3.82. The topological polar surface area (TPSA) is 105 Å². The number of aliphatic carboxylic acids is 1. The highest BCUT2D eigenvalue weighted by molar-refractivity contribution is 5.95. The van der Waals surface area contributed by atoms with Crippen LogP contribution in [0.3, 0.4) is 0 Å². The summed E-state index contributed by atoms with van der Waals surface area (Å²) in [4.78, 5) is 31.3. The smallest absolute Gasteiger partial charge is 0.414 e. The fourth-order valence-electron chi connectivity index (χ4n) is 6.66. The van der Waals surface area contributed by atoms with Crippen molar-refractivity contribution in [2.24, 2.45) is 11.8 Å². The number of aromatic nitrogens is 2. The van der Waals surface area contributed by atoms with Gasteiger partial charge in [-0.15, -0.1) is 0 Å². The van der Waals surface area contributed by atoms with Crippen LogP contribution >= 0.6 is 0 Å². The number of hydrogen-bond acceptors (Lipinski definition) is 5. The zero-order valence-corrected chi connectivity index (χ0v) is 20.8. The summed E-state index contributed by atoms with van der Waals surface area (Å²) in [5.74, 6) is 0.0512. The first-order valence-corrected chi connectivity index (χ1v) is 13.2. The Morgan fingerprint density at radius 1 is 1.11 bits per heavy atom. The van der Waals surface area contributed by atoms with Gasteiger partial charge in [-0.25, -0.2) is 9.78 Å². The molecule has 2 saturated carbocycles. The number of methoxy groups -OCH3 is 1. The van der Waals surface area contributed by atoms with Gasteiger partial charge < -0.3 is 19.5 Å². The third-order valence-electron chi connectivity index (χ3n) is 8.57. The average Bonchev–Trinajstić information content (AvgIpc) is 3.23. The number of fused-ring (bicyclic) bond motifs is 3. The highest BCUT2D eigenvalue weighted by atomic mass is 16.5. The molecule has 35 heavy (non-hydrogen) atoms. The normalized spacial score (nSPS) is 29.1. The molecule has 2 aliphatic carbocycles. The van der Waals surface area contributed by atoms with Crippen LogP contribution in [0.15, 0.2) is 12.1 Å². The second-order valence-corrected chi connectivity index (χ2v) is 10.7. The van der Waals surface area contributed by atoms with Crippen molar-refractivity contribution in [3.8, 4) is 0 Å². The van der Waals surface area contributed by atoms with Crippen LogP contribution in [0.1, 0.15) is 82.1 Å². The van der Waals surface area contributed by atoms with Crippen LogP contribution < -0.4 is 4.90 Å². The molecule has 1 aromatic carbocycles. The molecule has 0 spiro atoms. The van der Waals surface area contributed by atoms with Crippen LogP contribution in [0, 0.1) is 11.8 Å². The van der Waals surface area contributed by atoms with Crippen molar-refractivity contribution in [3.05, 3.63) is 23.5 Å². The van der Waals surface area contributed by atoms with Gasteiger partial charge in [0.15, 0.2) is 0 Å². The number of carbonyl (C=O) groups is 2. The lowest BCUT2D eigenvalue weighted by molar-refractivity contribution is -0.143. The lowest BCUT2D eigenvalue weighted by Gasteiger charge is -2.34. The van der Waals surface area contributed by atoms with Crippen LogP contribution in [-0.2, 0) is 22.4 Å². The van der Waals surface area contributed by atoms with E-state index in [2.05, 4.69) is 4.57 Å². The van der Waals surface area contributed by atoms with Crippen LogP contribution in [-0.4, -0.2) is 51.1 Å². The van der Waals surface area contributed by atoms with Crippen molar-refractivity contribution >= 4 is 28.8 Å². The van der Waals surface area contributed by atoms with Gasteiger partial charge in [-0.3, -0.25) is 9.69 Å². The maximum absolute atomic E-state index is 12.6. The average molecular weight is 484 g/mol. The Bertz CT molecular complexity index is 1110. The Balaban J connectivity index is 1.61. The predicted octanol–water partition coefficient (Wildman–Crippen LogP) is 4.85. The molecule has 2 fully saturated rings. The van der Waals surface area contributed by atoms with Crippen molar-refractivity contribution in [1.82, 2.24) is 9.55 Å². The molecular formula is C27H37N3O5. The number of amides is 1. The largest absolute Gasteiger partial charge is 0.481 e. The van der Waals surface area contributed by atoms with Crippen molar-refractivity contribution in [1.29, 1.82) is 0 Å². The van der Waals surface area contributed by atoms with E-state index in [-0.39, 0.29) is 36.1 Å². The Labute approximate surface area is 206 Å². The van der Waals surface area contributed by atoms with Gasteiger partial charge in [-0.1, -0.05) is 19.3 Å². The van der Waals surface area contributed by atoms with Crippen LogP contribution in [0.2, 0.25) is 0 Å². The molecule has 2 N–H and O–H groups in total. The van der Waals surface area contributed by atoms with E-state index in [1.165, 1.54) is 7.11 Å². The highest BCUT2D eigenvalue weighted by Crippen LogP contribution is 2.41. The highest BCUT2D eigenvalue weighted by Gasteiger charge is 2.35. The number of benzene rings is 1. The summed E-state index contributed by atoms with van der Waals surface area (Å²) >= 11 is 0. The zero-order chi connectivity index (χ0) is 24.7. The number of imidazole rings is 1. The maximum Gasteiger partial charge on any atom is 0.414 e. The minimum Gasteiger partial charge on any atom is -0.481 e. The molecule has 0 bridgehead atoms. The van der Waals surface area contributed by atoms with Gasteiger partial charge in [0.25, 0.3) is 0 Å². The van der Waals surface area contributed by atoms with Gasteiger partial charge in [0.05, 0.1) is 35.9 Å². The number of carboxylic acids is 1. The molecule has 8 nitrogen and oxygen atoms in total. The number of ether oxygens (including phenoxy) is 1. The number of rotatable bonds is 4. The molecule has 3 aliphatic rings. The first-order valence-electron chi connectivity index (χ1n) is 13.2. The lowest BCUT2D eigenvalue weighted by atomic mass is 9.83. The van der Waals surface area contributed by atoms with Gasteiger partial charge in [0.2, 0.25) is 0 Å². The summed E-state index contributed by atoms with van der Waals surface area (Å²) in [5, 5.41) is 20.4. The van der Waals surface area contributed by atoms with Crippen LogP contribution in [0.25, 0.3) is 11.0 Å². The summed E-state index contributed by atoms with van der Waals surface area (Å²) in [6.45, 7) is 2.03. The first-order chi connectivity index (χ1) is 16.9. The molecule has 2 aromatic rings. The van der Waals surface area contributed by atoms with Crippen molar-refractivity contribution in [2.75, 3.05) is 12.0 Å². The molecule has 0 saturated heterocycles. The Kier molecular flexibility index (Phi) is 6.75. The van der Waals surface area contributed by atoms with E-state index in [0.717, 1.165) is 85.9 Å². The van der Waals surface area contributed by atoms with E-state index in [0.29, 0.717) is 12.8 Å². The molecule has 1 unspecified atom stereocenters. The standard InChI is InChI=1S/C27H37N3O5/c1-16-10-11-20-21(29(16)27(34)35-2)12-13-22-25(20)28-24(15-17-6-3-4-9-23(17)31)30(22)19-8-5-7-18(14-19)26(32)33/h12-13,16-19,23,31H,3-11,14-15H2,1-2H3,(H,32,33)/t16?,17-,18+,19+,23+/m0/s1. The number of carbonyl (C=O) groups excluding carboxylic acids is 1. The van der Waals surface area contributed by atoms with Gasteiger partial charge in [-0.2, -0.15) is 0 Å². The number of nitrogens with zero attached hydrogens (tertiary/aromatic N) is 3. The van der Waals surface area contributed by atoms with E-state index in [1.807, 2.05) is 19.1 Å². The summed E-state index contributed by atoms with van der Waals surface area (Å²) in [6.07, 6.45) is 8.79. The molecule has 8 heteroatoms. The third kappa shape index (κ3) is 4.41. The number of anilines is 1. The lowest BCUT2D eigenvalue weighted by Crippen LogP contribution is -2.42. The quantitative estimate of drug-likeness (QED) is 0.644. The monoisotopic (exact) mass is 483 g/mol. The van der Waals surface area contributed by atoms with Crippen LogP contribution in [0.5, 0.6) is 0 Å². The van der Waals surface area contributed by atoms with Crippen molar-refractivity contribution in [2.45, 2.75) is 95.7 Å². The van der Waals surface area contributed by atoms with E-state index in [4.69, 9.17) is 9.72 Å². The predicted molar refractivity (Wildman–Crippen MR) is 133 cm³/mol. The Hall–Kier alpha value is -2.61. The fraction of sp³-hybridized carbons (Fsp3) is 0.667. The van der Waals surface area contributed by atoms with E-state index < -0.39 is 5.97 Å². The van der Waals surface area contributed by atoms with E-state index in [1.54, 1.807) is 4.90 Å². The molecule has 190 valence electrons. The second kappa shape index (κ2) is 9.80. The minimum atomic E-state index is -0.719. The Morgan fingerprint density at radius 2 is 1.91 bits per heavy atom. The summed E-state index contributed by atoms with van der Waals surface area (Å²) < 4.78 is 7.36. The minimum absolute atomic E-state index is 0.0426. The maximum atomic E-state index is 12.6. The SMILES string of the molecule is COC(=O)N1c2ccc3c(nc(C[C@@H]4CCCC[C@H]4O)n3[C@@H]3CCC[C@@H](C(=O)O)C3)c2CCC1C. The molecular weight excluding hydrogens is 446 g/mol. The first kappa shape index (κ1) is 24.1. The fourth-order valence-corrected chi connectivity index (χ4v) is 6.66. The number of aliphatic hydroxyl groups excluding tert-OH is 1. The molecule has 1 amide bonds. The third-order valence-corrected chi connectivity index (χ3v) is 8.57. The number of carboxylic acid groups (broad SMARTS) is 1. The summed E-state index contributed by atoms with van der Waals surface area (Å²) in [7, 11) is 1.41. The van der Waals surface area contributed by atoms with Gasteiger partial charge in [0, 0.05) is 24.1 Å². The van der Waals surface area contributed by atoms with Gasteiger partial charge >= 0.3 is 12.1 Å². The van der Waals surface area contributed by atoms with Crippen molar-refractivity contribution < 1.29 is 24.5 Å². The zero-order valence-electron chi connectivity index (χ0n) is 20.8. The molecule has 5 rings (SSSR count). The molecule has 0 radical (unpaired) electrons. The summed E-state index contributed by atoms with van der Waals surface area (Å²) in [6, 6.07) is 4.16. The van der Waals surface area contributed by atoms with E-state index >= 15 is 0 Å². The molecule has 1 aliphatic heterocycles. The number of hydrogen-bond donors (Lipinski definition) is 2. The molecule has 2 heterocycles. The second-order valence-electron chi connectivity index (χ2n) is 10.7. The van der Waals surface area contributed by atoms with Gasteiger partial charge in [-0.05, 0) is 69.9 Å². The number of aryl methyl sites for hydroxylation is 1. The van der Waals surface area contributed by atoms with Crippen LogP contribution in [0.4, 0.5) is 10.5 Å². The molecule has 1 aromatic heterocycles. The van der Waals surface area contributed by atoms with Gasteiger partial charge in [0.1, 0.15) is 5.82 Å².